The molecule has 146 valence electrons. The Balaban J connectivity index is 1.62. The van der Waals surface area contributed by atoms with E-state index in [0.717, 1.165) is 18.6 Å². The van der Waals surface area contributed by atoms with Crippen molar-refractivity contribution in [1.82, 2.24) is 4.90 Å². The highest BCUT2D eigenvalue weighted by Crippen LogP contribution is 2.38. The fraction of sp³-hybridized carbons (Fsp3) is 0.526. The second-order valence-corrected chi connectivity index (χ2v) is 7.10. The van der Waals surface area contributed by atoms with Gasteiger partial charge in [0.25, 0.3) is 5.91 Å². The highest BCUT2D eigenvalue weighted by molar-refractivity contribution is 6.03. The van der Waals surface area contributed by atoms with Gasteiger partial charge in [0.1, 0.15) is 5.82 Å². The Kier molecular flexibility index (Phi) is 5.74. The first-order valence-electron chi connectivity index (χ1n) is 9.02. The number of carbonyl (C=O) groups excluding carboxylic acids is 3. The monoisotopic (exact) mass is 378 g/mol. The summed E-state index contributed by atoms with van der Waals surface area (Å²) in [6, 6.07) is 3.47. The Morgan fingerprint density at radius 3 is 2.74 bits per heavy atom. The molecule has 0 unspecified atom stereocenters. The number of anilines is 1. The van der Waals surface area contributed by atoms with Gasteiger partial charge in [-0.05, 0) is 37.5 Å². The first-order valence-corrected chi connectivity index (χ1v) is 9.02. The molecule has 3 rings (SSSR count). The summed E-state index contributed by atoms with van der Waals surface area (Å²) in [5.74, 6) is -1.83. The molecule has 0 aromatic heterocycles. The third-order valence-electron chi connectivity index (χ3n) is 4.83. The van der Waals surface area contributed by atoms with Gasteiger partial charge in [-0.1, -0.05) is 6.92 Å². The number of hydrogen-bond acceptors (Lipinski definition) is 5. The molecule has 1 saturated heterocycles. The number of benzene rings is 1. The first-order chi connectivity index (χ1) is 12.8. The van der Waals surface area contributed by atoms with E-state index in [1.807, 2.05) is 13.8 Å². The first kappa shape index (κ1) is 19.3. The predicted molar refractivity (Wildman–Crippen MR) is 94.6 cm³/mol. The molecule has 0 spiro atoms. The normalized spacial score (nSPS) is 24.3. The maximum atomic E-state index is 13.6. The molecule has 8 heteroatoms. The molecule has 3 atom stereocenters. The number of ether oxygens (including phenoxy) is 2. The van der Waals surface area contributed by atoms with Crippen LogP contribution in [0.3, 0.4) is 0 Å². The van der Waals surface area contributed by atoms with Gasteiger partial charge in [0, 0.05) is 19.0 Å². The summed E-state index contributed by atoms with van der Waals surface area (Å²) in [4.78, 5) is 38.2. The molecule has 0 bridgehead atoms. The standard InChI is InChI=1S/C19H23FN2O5/c1-11-7-14(11)18(24)21-16-4-3-13(20)8-15(16)19(25)27-10-17(23)22-5-6-26-12(2)9-22/h3-4,8,11-12,14H,5-7,9-10H2,1-2H3,(H,21,24)/t11-,12-,14+/m1/s1. The van der Waals surface area contributed by atoms with E-state index in [1.54, 1.807) is 4.90 Å². The third-order valence-corrected chi connectivity index (χ3v) is 4.83. The summed E-state index contributed by atoms with van der Waals surface area (Å²) in [6.45, 7) is 4.66. The highest BCUT2D eigenvalue weighted by Gasteiger charge is 2.39. The van der Waals surface area contributed by atoms with Crippen LogP contribution in [-0.4, -0.2) is 55.1 Å². The molecule has 1 N–H and O–H groups in total. The Morgan fingerprint density at radius 1 is 1.33 bits per heavy atom. The molecule has 1 aromatic rings. The zero-order chi connectivity index (χ0) is 19.6. The molecule has 1 saturated carbocycles. The Labute approximate surface area is 156 Å². The van der Waals surface area contributed by atoms with Crippen LogP contribution in [0.15, 0.2) is 18.2 Å². The van der Waals surface area contributed by atoms with Crippen molar-refractivity contribution in [3.8, 4) is 0 Å². The number of hydrogen-bond donors (Lipinski definition) is 1. The van der Waals surface area contributed by atoms with Gasteiger partial charge in [-0.2, -0.15) is 0 Å². The number of nitrogens with one attached hydrogen (secondary N) is 1. The summed E-state index contributed by atoms with van der Waals surface area (Å²) in [6.07, 6.45) is 0.715. The molecule has 2 amide bonds. The van der Waals surface area contributed by atoms with Crippen molar-refractivity contribution in [3.63, 3.8) is 0 Å². The average Bonchev–Trinajstić information content (AvgIpc) is 3.37. The molecule has 2 aliphatic rings. The molecule has 0 radical (unpaired) electrons. The zero-order valence-electron chi connectivity index (χ0n) is 15.4. The Morgan fingerprint density at radius 2 is 2.07 bits per heavy atom. The van der Waals surface area contributed by atoms with E-state index >= 15 is 0 Å². The second kappa shape index (κ2) is 8.04. The number of carbonyl (C=O) groups is 3. The lowest BCUT2D eigenvalue weighted by Gasteiger charge is -2.30. The topological polar surface area (TPSA) is 84.9 Å². The number of morpholine rings is 1. The lowest BCUT2D eigenvalue weighted by molar-refractivity contribution is -0.141. The summed E-state index contributed by atoms with van der Waals surface area (Å²) in [5, 5.41) is 2.65. The van der Waals surface area contributed by atoms with Gasteiger partial charge in [0.05, 0.1) is 24.0 Å². The molecular weight excluding hydrogens is 355 g/mol. The van der Waals surface area contributed by atoms with Crippen molar-refractivity contribution in [2.75, 3.05) is 31.6 Å². The van der Waals surface area contributed by atoms with Crippen LogP contribution < -0.4 is 5.32 Å². The molecule has 7 nitrogen and oxygen atoms in total. The predicted octanol–water partition coefficient (Wildman–Crippen LogP) is 1.82. The van der Waals surface area contributed by atoms with Crippen molar-refractivity contribution in [2.45, 2.75) is 26.4 Å². The van der Waals surface area contributed by atoms with Gasteiger partial charge in [0.15, 0.2) is 6.61 Å². The molecule has 1 heterocycles. The van der Waals surface area contributed by atoms with Crippen molar-refractivity contribution in [1.29, 1.82) is 0 Å². The zero-order valence-corrected chi connectivity index (χ0v) is 15.4. The number of nitrogens with zero attached hydrogens (tertiary/aromatic N) is 1. The Hall–Kier alpha value is -2.48. The Bertz CT molecular complexity index is 754. The molecule has 1 aromatic carbocycles. The fourth-order valence-electron chi connectivity index (χ4n) is 3.05. The maximum absolute atomic E-state index is 13.6. The van der Waals surface area contributed by atoms with Gasteiger partial charge in [0.2, 0.25) is 5.91 Å². The van der Waals surface area contributed by atoms with Crippen LogP contribution in [0.1, 0.15) is 30.6 Å². The molecule has 1 aliphatic carbocycles. The van der Waals surface area contributed by atoms with Crippen molar-refractivity contribution in [3.05, 3.63) is 29.6 Å². The molecule has 27 heavy (non-hydrogen) atoms. The van der Waals surface area contributed by atoms with Gasteiger partial charge in [-0.3, -0.25) is 9.59 Å². The van der Waals surface area contributed by atoms with Crippen LogP contribution in [0.25, 0.3) is 0 Å². The van der Waals surface area contributed by atoms with Crippen molar-refractivity contribution in [2.24, 2.45) is 11.8 Å². The van der Waals surface area contributed by atoms with Crippen LogP contribution >= 0.6 is 0 Å². The van der Waals surface area contributed by atoms with E-state index in [0.29, 0.717) is 25.6 Å². The summed E-state index contributed by atoms with van der Waals surface area (Å²) in [5.41, 5.74) is 0.0674. The largest absolute Gasteiger partial charge is 0.452 e. The lowest BCUT2D eigenvalue weighted by Crippen LogP contribution is -2.46. The molecular formula is C19H23FN2O5. The van der Waals surface area contributed by atoms with Crippen molar-refractivity contribution < 1.29 is 28.2 Å². The van der Waals surface area contributed by atoms with E-state index in [1.165, 1.54) is 6.07 Å². The quantitative estimate of drug-likeness (QED) is 0.790. The number of halogens is 1. The van der Waals surface area contributed by atoms with Crippen LogP contribution in [0.5, 0.6) is 0 Å². The SMILES string of the molecule is C[C@@H]1CN(C(=O)COC(=O)c2cc(F)ccc2NC(=O)[C@H]2C[C@H]2C)CCO1. The second-order valence-electron chi connectivity index (χ2n) is 7.10. The van der Waals surface area contributed by atoms with Crippen LogP contribution in [0.4, 0.5) is 10.1 Å². The number of rotatable bonds is 5. The minimum Gasteiger partial charge on any atom is -0.452 e. The van der Waals surface area contributed by atoms with Gasteiger partial charge < -0.3 is 19.7 Å². The fourth-order valence-corrected chi connectivity index (χ4v) is 3.05. The van der Waals surface area contributed by atoms with Gasteiger partial charge in [-0.25, -0.2) is 9.18 Å². The summed E-state index contributed by atoms with van der Waals surface area (Å²) < 4.78 is 24.0. The average molecular weight is 378 g/mol. The van der Waals surface area contributed by atoms with E-state index in [2.05, 4.69) is 5.32 Å². The maximum Gasteiger partial charge on any atom is 0.340 e. The van der Waals surface area contributed by atoms with Crippen LogP contribution in [0, 0.1) is 17.7 Å². The summed E-state index contributed by atoms with van der Waals surface area (Å²) in [7, 11) is 0. The minimum atomic E-state index is -0.858. The number of amides is 2. The highest BCUT2D eigenvalue weighted by atomic mass is 19.1. The van der Waals surface area contributed by atoms with E-state index in [4.69, 9.17) is 9.47 Å². The van der Waals surface area contributed by atoms with E-state index in [-0.39, 0.29) is 35.1 Å². The van der Waals surface area contributed by atoms with E-state index in [9.17, 15) is 18.8 Å². The number of esters is 1. The third kappa shape index (κ3) is 4.82. The molecule has 1 aliphatic heterocycles. The smallest absolute Gasteiger partial charge is 0.340 e. The van der Waals surface area contributed by atoms with Crippen LogP contribution in [0.2, 0.25) is 0 Å². The lowest BCUT2D eigenvalue weighted by atomic mass is 10.1. The van der Waals surface area contributed by atoms with Gasteiger partial charge >= 0.3 is 5.97 Å². The van der Waals surface area contributed by atoms with Crippen molar-refractivity contribution >= 4 is 23.5 Å². The minimum absolute atomic E-state index is 0.0757. The molecule has 2 fully saturated rings. The van der Waals surface area contributed by atoms with E-state index < -0.39 is 18.4 Å². The summed E-state index contributed by atoms with van der Waals surface area (Å²) >= 11 is 0. The van der Waals surface area contributed by atoms with Crippen LogP contribution in [-0.2, 0) is 19.1 Å². The van der Waals surface area contributed by atoms with Gasteiger partial charge in [-0.15, -0.1) is 0 Å².